The Morgan fingerprint density at radius 2 is 0.615 bits per heavy atom. The lowest BCUT2D eigenvalue weighted by atomic mass is 10.0. The van der Waals surface area contributed by atoms with Crippen molar-refractivity contribution in [2.45, 2.75) is 24.7 Å². The molecule has 2 aliphatic heterocycles. The highest BCUT2D eigenvalue weighted by atomic mass is 79.9. The molecule has 0 radical (unpaired) electrons. The van der Waals surface area contributed by atoms with E-state index >= 15 is 0 Å². The zero-order valence-corrected chi connectivity index (χ0v) is 34.2. The number of hydrogen-bond acceptors (Lipinski definition) is 2. The van der Waals surface area contributed by atoms with Crippen LogP contribution in [0, 0.1) is 0 Å². The second kappa shape index (κ2) is 15.7. The maximum atomic E-state index is 13.8. The van der Waals surface area contributed by atoms with E-state index in [1.54, 1.807) is 42.5 Å². The van der Waals surface area contributed by atoms with Gasteiger partial charge >= 0.3 is 24.7 Å². The predicted molar refractivity (Wildman–Crippen MR) is 228 cm³/mol. The highest BCUT2D eigenvalue weighted by Crippen LogP contribution is 2.44. The number of H-pyrrole nitrogens is 2. The fourth-order valence-electron chi connectivity index (χ4n) is 7.76. The summed E-state index contributed by atoms with van der Waals surface area (Å²) in [5.41, 5.74) is 0.564. The zero-order chi connectivity index (χ0) is 46.2. The number of aromatic amines is 2. The van der Waals surface area contributed by atoms with Crippen LogP contribution in [0.5, 0.6) is 0 Å². The Balaban J connectivity index is 1.43. The van der Waals surface area contributed by atoms with Crippen molar-refractivity contribution in [3.63, 3.8) is 0 Å². The molecule has 0 unspecified atom stereocenters. The van der Waals surface area contributed by atoms with Gasteiger partial charge in [-0.1, -0.05) is 48.5 Å². The second-order valence-corrected chi connectivity index (χ2v) is 15.8. The molecule has 2 N–H and O–H groups in total. The summed E-state index contributed by atoms with van der Waals surface area (Å²) in [5, 5.41) is 0. The Hall–Kier alpha value is -6.88. The number of fused-ring (bicyclic) bond motifs is 8. The number of halogens is 13. The molecule has 7 aromatic rings. The Morgan fingerprint density at radius 1 is 0.338 bits per heavy atom. The van der Waals surface area contributed by atoms with Crippen LogP contribution in [0.1, 0.15) is 45.0 Å². The van der Waals surface area contributed by atoms with Crippen molar-refractivity contribution in [2.24, 2.45) is 0 Å². The summed E-state index contributed by atoms with van der Waals surface area (Å²) in [5.74, 6) is 0. The summed E-state index contributed by atoms with van der Waals surface area (Å²) in [6, 6.07) is 23.6. The van der Waals surface area contributed by atoms with Gasteiger partial charge in [0, 0.05) is 48.8 Å². The van der Waals surface area contributed by atoms with Crippen molar-refractivity contribution in [2.75, 3.05) is 0 Å². The molecule has 0 atom stereocenters. The third kappa shape index (κ3) is 8.36. The van der Waals surface area contributed by atoms with Crippen molar-refractivity contribution >= 4 is 60.7 Å². The van der Waals surface area contributed by atoms with Crippen LogP contribution in [0.25, 0.3) is 89.3 Å². The fourth-order valence-corrected chi connectivity index (χ4v) is 8.26. The van der Waals surface area contributed by atoms with Gasteiger partial charge in [-0.25, -0.2) is 9.97 Å². The van der Waals surface area contributed by atoms with Crippen molar-refractivity contribution in [3.05, 3.63) is 166 Å². The maximum absolute atomic E-state index is 13.8. The molecule has 17 heteroatoms. The number of alkyl halides is 12. The Bertz CT molecular complexity index is 3220. The number of rotatable bonds is 4. The topological polar surface area (TPSA) is 57.4 Å². The van der Waals surface area contributed by atoms with E-state index in [-0.39, 0.29) is 56.2 Å². The van der Waals surface area contributed by atoms with Crippen LogP contribution in [-0.4, -0.2) is 19.9 Å². The molecule has 2 aliphatic rings. The quantitative estimate of drug-likeness (QED) is 0.173. The standard InChI is InChI=1S/C48H25BrF12N4/c49-32-23-39-42(26-5-13-30(14-6-26)47(56,57)58)37-20-19-35(63-37)40(24-1-9-28(10-2-24)45(50,51)52)33-17-18-34(62-33)41(25-3-11-29(12-4-25)46(53,54)55)36-21-22-38(64-36)43(44(32)65-39)27-7-15-31(16-8-27)48(59,60)61/h1-23,63-64H. The van der Waals surface area contributed by atoms with E-state index in [4.69, 9.17) is 9.97 Å². The number of hydrogen-bond donors (Lipinski definition) is 2. The highest BCUT2D eigenvalue weighted by Gasteiger charge is 2.33. The largest absolute Gasteiger partial charge is 0.416 e. The molecule has 0 saturated heterocycles. The molecule has 4 aromatic carbocycles. The van der Waals surface area contributed by atoms with E-state index in [1.807, 2.05) is 0 Å². The van der Waals surface area contributed by atoms with Gasteiger partial charge in [-0.3, -0.25) is 0 Å². The summed E-state index contributed by atoms with van der Waals surface area (Å²) < 4.78 is 166. The van der Waals surface area contributed by atoms with E-state index < -0.39 is 47.0 Å². The first-order valence-electron chi connectivity index (χ1n) is 19.2. The molecule has 0 aliphatic carbocycles. The maximum Gasteiger partial charge on any atom is 0.416 e. The van der Waals surface area contributed by atoms with E-state index in [2.05, 4.69) is 25.9 Å². The third-order valence-corrected chi connectivity index (χ3v) is 11.4. The van der Waals surface area contributed by atoms with Gasteiger partial charge in [0.2, 0.25) is 0 Å². The third-order valence-electron chi connectivity index (χ3n) is 10.8. The fraction of sp³-hybridized carbons (Fsp3) is 0.0833. The van der Waals surface area contributed by atoms with Gasteiger partial charge in [0.15, 0.2) is 0 Å². The molecule has 4 nitrogen and oxygen atoms in total. The average molecular weight is 966 g/mol. The van der Waals surface area contributed by atoms with Gasteiger partial charge in [-0.2, -0.15) is 52.7 Å². The number of nitrogens with zero attached hydrogens (tertiary/aromatic N) is 2. The number of benzene rings is 4. The van der Waals surface area contributed by atoms with E-state index in [0.29, 0.717) is 37.7 Å². The molecule has 328 valence electrons. The normalized spacial score (nSPS) is 13.3. The minimum Gasteiger partial charge on any atom is -0.354 e. The minimum absolute atomic E-state index is 0.193. The van der Waals surface area contributed by atoms with Gasteiger partial charge in [-0.15, -0.1) is 0 Å². The smallest absolute Gasteiger partial charge is 0.354 e. The van der Waals surface area contributed by atoms with Crippen LogP contribution >= 0.6 is 15.9 Å². The van der Waals surface area contributed by atoms with Gasteiger partial charge < -0.3 is 9.97 Å². The van der Waals surface area contributed by atoms with Gasteiger partial charge in [-0.05, 0) is 129 Å². The molecule has 65 heavy (non-hydrogen) atoms. The summed E-state index contributed by atoms with van der Waals surface area (Å²) in [6.07, 6.45) is -13.9. The van der Waals surface area contributed by atoms with Crippen LogP contribution in [0.2, 0.25) is 0 Å². The Kier molecular flexibility index (Phi) is 10.5. The summed E-state index contributed by atoms with van der Waals surface area (Å²) in [6.45, 7) is 0. The van der Waals surface area contributed by atoms with Crippen LogP contribution in [0.15, 0.2) is 121 Å². The first kappa shape index (κ1) is 43.4. The van der Waals surface area contributed by atoms with Crippen LogP contribution < -0.4 is 0 Å². The predicted octanol–water partition coefficient (Wildman–Crippen LogP) is 16.1. The van der Waals surface area contributed by atoms with E-state index in [9.17, 15) is 52.7 Å². The second-order valence-electron chi connectivity index (χ2n) is 14.9. The lowest BCUT2D eigenvalue weighted by molar-refractivity contribution is -0.138. The molecular formula is C48H25BrF12N4. The molecular weight excluding hydrogens is 940 g/mol. The van der Waals surface area contributed by atoms with Gasteiger partial charge in [0.25, 0.3) is 0 Å². The highest BCUT2D eigenvalue weighted by molar-refractivity contribution is 9.15. The molecule has 5 heterocycles. The summed E-state index contributed by atoms with van der Waals surface area (Å²) >= 11 is 3.57. The number of nitrogens with one attached hydrogen (secondary N) is 2. The van der Waals surface area contributed by atoms with Crippen LogP contribution in [-0.2, 0) is 24.7 Å². The van der Waals surface area contributed by atoms with E-state index in [1.165, 1.54) is 48.5 Å². The molecule has 0 spiro atoms. The van der Waals surface area contributed by atoms with Crippen LogP contribution in [0.3, 0.4) is 0 Å². The zero-order valence-electron chi connectivity index (χ0n) is 32.6. The molecule has 0 amide bonds. The van der Waals surface area contributed by atoms with Gasteiger partial charge in [0.1, 0.15) is 0 Å². The Morgan fingerprint density at radius 3 is 0.923 bits per heavy atom. The molecule has 0 saturated carbocycles. The summed E-state index contributed by atoms with van der Waals surface area (Å²) in [4.78, 5) is 16.4. The van der Waals surface area contributed by atoms with E-state index in [0.717, 1.165) is 48.5 Å². The monoisotopic (exact) mass is 964 g/mol. The Labute approximate surface area is 367 Å². The SMILES string of the molecule is FC(F)(F)c1ccc(-c2c3nc(c(-c4ccc(C(F)(F)F)cc4)c4ccc([nH]4)c(-c4ccc(C(F)(F)F)cc4)c4nc(c(-c5ccc(C(F)(F)F)cc5)c5ccc2[nH]5)C=C4Br)C=C3)cc1. The molecule has 9 rings (SSSR count). The van der Waals surface area contributed by atoms with Crippen LogP contribution in [0.4, 0.5) is 52.7 Å². The van der Waals surface area contributed by atoms with Crippen molar-refractivity contribution in [1.82, 2.24) is 19.9 Å². The number of aromatic nitrogens is 4. The van der Waals surface area contributed by atoms with Crippen molar-refractivity contribution in [3.8, 4) is 44.5 Å². The lowest BCUT2D eigenvalue weighted by Gasteiger charge is -2.10. The lowest BCUT2D eigenvalue weighted by Crippen LogP contribution is -2.04. The molecule has 0 fully saturated rings. The van der Waals surface area contributed by atoms with Crippen molar-refractivity contribution < 1.29 is 52.7 Å². The summed E-state index contributed by atoms with van der Waals surface area (Å²) in [7, 11) is 0. The van der Waals surface area contributed by atoms with Crippen molar-refractivity contribution in [1.29, 1.82) is 0 Å². The average Bonchev–Trinajstić information content (AvgIpc) is 4.08. The molecule has 8 bridgehead atoms. The first-order chi connectivity index (χ1) is 30.6. The first-order valence-corrected chi connectivity index (χ1v) is 20.0. The minimum atomic E-state index is -4.67. The van der Waals surface area contributed by atoms with Gasteiger partial charge in [0.05, 0.1) is 45.0 Å². The molecule has 3 aromatic heterocycles.